The molecule has 0 spiro atoms. The van der Waals surface area contributed by atoms with Crippen LogP contribution in [0.15, 0.2) is 54.6 Å². The van der Waals surface area contributed by atoms with E-state index in [1.807, 2.05) is 19.1 Å². The van der Waals surface area contributed by atoms with Crippen molar-refractivity contribution in [1.82, 2.24) is 5.32 Å². The van der Waals surface area contributed by atoms with E-state index >= 15 is 0 Å². The zero-order valence-corrected chi connectivity index (χ0v) is 17.2. The van der Waals surface area contributed by atoms with Crippen LogP contribution in [0.3, 0.4) is 0 Å². The first-order valence-corrected chi connectivity index (χ1v) is 9.97. The van der Waals surface area contributed by atoms with E-state index in [0.717, 1.165) is 11.1 Å². The number of Topliss-reactive ketones (excluding diaryl/α,β-unsaturated/α-hetero) is 1. The molecule has 0 radical (unpaired) electrons. The molecule has 0 aromatic heterocycles. The maximum atomic E-state index is 14.6. The molecule has 31 heavy (non-hydrogen) atoms. The molecule has 4 rings (SSSR count). The molecule has 0 bridgehead atoms. The summed E-state index contributed by atoms with van der Waals surface area (Å²) in [6.45, 7) is 3.52. The minimum atomic E-state index is -0.589. The topological polar surface area (TPSA) is 55.4 Å². The molecule has 1 aliphatic heterocycles. The lowest BCUT2D eigenvalue weighted by molar-refractivity contribution is 0.0929. The number of rotatable bonds is 5. The van der Waals surface area contributed by atoms with E-state index in [-0.39, 0.29) is 24.0 Å². The molecule has 0 saturated carbocycles. The van der Waals surface area contributed by atoms with Gasteiger partial charge in [-0.1, -0.05) is 18.2 Å². The van der Waals surface area contributed by atoms with Crippen LogP contribution in [0.4, 0.5) is 8.78 Å². The number of fused-ring (bicyclic) bond motifs is 1. The van der Waals surface area contributed by atoms with Crippen molar-refractivity contribution in [2.45, 2.75) is 26.4 Å². The fourth-order valence-electron chi connectivity index (χ4n) is 3.80. The average molecular weight is 421 g/mol. The van der Waals surface area contributed by atoms with Crippen LogP contribution in [0.1, 0.15) is 38.8 Å². The van der Waals surface area contributed by atoms with Crippen LogP contribution in [-0.2, 0) is 6.42 Å². The van der Waals surface area contributed by atoms with Crippen molar-refractivity contribution in [1.29, 1.82) is 0 Å². The molecule has 0 aliphatic carbocycles. The summed E-state index contributed by atoms with van der Waals surface area (Å²) in [7, 11) is 0. The smallest absolute Gasteiger partial charge is 0.254 e. The highest BCUT2D eigenvalue weighted by molar-refractivity contribution is 5.96. The predicted octanol–water partition coefficient (Wildman–Crippen LogP) is 4.88. The number of amides is 1. The third kappa shape index (κ3) is 4.19. The van der Waals surface area contributed by atoms with Gasteiger partial charge in [0.25, 0.3) is 5.91 Å². The van der Waals surface area contributed by atoms with Crippen LogP contribution in [0.25, 0.3) is 11.1 Å². The SMILES string of the molecule is CC(=O)c1ccc(F)c(-c2cc(C)cc3c2O[C@@H](CNC(=O)c2ccccc2F)C3)c1. The Bertz CT molecular complexity index is 1190. The second kappa shape index (κ2) is 8.30. The van der Waals surface area contributed by atoms with Gasteiger partial charge < -0.3 is 10.1 Å². The molecule has 0 unspecified atom stereocenters. The number of halogens is 2. The fraction of sp³-hybridized carbons (Fsp3) is 0.200. The monoisotopic (exact) mass is 421 g/mol. The molecule has 158 valence electrons. The molecular formula is C25H21F2NO3. The maximum Gasteiger partial charge on any atom is 0.254 e. The van der Waals surface area contributed by atoms with E-state index < -0.39 is 17.5 Å². The molecule has 0 saturated heterocycles. The minimum Gasteiger partial charge on any atom is -0.487 e. The van der Waals surface area contributed by atoms with Crippen molar-refractivity contribution >= 4 is 11.7 Å². The Labute approximate surface area is 178 Å². The number of carbonyl (C=O) groups is 2. The molecule has 1 atom stereocenters. The summed E-state index contributed by atoms with van der Waals surface area (Å²) in [5, 5.41) is 2.70. The Morgan fingerprint density at radius 2 is 1.81 bits per heavy atom. The van der Waals surface area contributed by atoms with Gasteiger partial charge >= 0.3 is 0 Å². The number of hydrogen-bond donors (Lipinski definition) is 1. The highest BCUT2D eigenvalue weighted by Crippen LogP contribution is 2.41. The molecule has 1 amide bonds. The van der Waals surface area contributed by atoms with Crippen molar-refractivity contribution in [3.63, 3.8) is 0 Å². The van der Waals surface area contributed by atoms with Crippen LogP contribution in [0.2, 0.25) is 0 Å². The average Bonchev–Trinajstić information content (AvgIpc) is 3.14. The molecule has 1 heterocycles. The van der Waals surface area contributed by atoms with E-state index in [1.54, 1.807) is 6.07 Å². The third-order valence-electron chi connectivity index (χ3n) is 5.31. The van der Waals surface area contributed by atoms with Gasteiger partial charge in [-0.3, -0.25) is 9.59 Å². The molecule has 3 aromatic carbocycles. The van der Waals surface area contributed by atoms with Gasteiger partial charge in [-0.25, -0.2) is 8.78 Å². The van der Waals surface area contributed by atoms with E-state index in [1.165, 1.54) is 43.3 Å². The van der Waals surface area contributed by atoms with Gasteiger partial charge in [0.1, 0.15) is 23.5 Å². The summed E-state index contributed by atoms with van der Waals surface area (Å²) in [6.07, 6.45) is 0.153. The second-order valence-corrected chi connectivity index (χ2v) is 7.69. The third-order valence-corrected chi connectivity index (χ3v) is 5.31. The number of hydrogen-bond acceptors (Lipinski definition) is 3. The lowest BCUT2D eigenvalue weighted by Crippen LogP contribution is -2.34. The van der Waals surface area contributed by atoms with Gasteiger partial charge in [-0.05, 0) is 61.4 Å². The summed E-state index contributed by atoms with van der Waals surface area (Å²) in [4.78, 5) is 24.1. The van der Waals surface area contributed by atoms with Gasteiger partial charge in [0.2, 0.25) is 0 Å². The van der Waals surface area contributed by atoms with Crippen LogP contribution >= 0.6 is 0 Å². The summed E-state index contributed by atoms with van der Waals surface area (Å²) in [5.41, 5.74) is 3.08. The van der Waals surface area contributed by atoms with Gasteiger partial charge in [-0.15, -0.1) is 0 Å². The molecule has 6 heteroatoms. The summed E-state index contributed by atoms with van der Waals surface area (Å²) in [6, 6.07) is 13.8. The van der Waals surface area contributed by atoms with E-state index in [2.05, 4.69) is 5.32 Å². The lowest BCUT2D eigenvalue weighted by atomic mass is 9.95. The standard InChI is InChI=1S/C25H21F2NO3/c1-14-9-17-11-18(13-28-25(30)19-5-3-4-6-22(19)26)31-24(17)21(10-14)20-12-16(15(2)29)7-8-23(20)27/h3-10,12,18H,11,13H2,1-2H3,(H,28,30)/t18-/m1/s1. The summed E-state index contributed by atoms with van der Waals surface area (Å²) < 4.78 is 34.5. The highest BCUT2D eigenvalue weighted by Gasteiger charge is 2.28. The maximum absolute atomic E-state index is 14.6. The zero-order valence-electron chi connectivity index (χ0n) is 17.2. The van der Waals surface area contributed by atoms with Crippen molar-refractivity contribution < 1.29 is 23.1 Å². The molecule has 0 fully saturated rings. The van der Waals surface area contributed by atoms with E-state index in [0.29, 0.717) is 28.9 Å². The Balaban J connectivity index is 1.57. The summed E-state index contributed by atoms with van der Waals surface area (Å²) >= 11 is 0. The molecule has 1 aliphatic rings. The van der Waals surface area contributed by atoms with Crippen LogP contribution in [0.5, 0.6) is 5.75 Å². The van der Waals surface area contributed by atoms with Crippen molar-refractivity contribution in [2.75, 3.05) is 6.54 Å². The number of carbonyl (C=O) groups excluding carboxylic acids is 2. The molecule has 3 aromatic rings. The normalized spacial score (nSPS) is 14.6. The number of nitrogens with one attached hydrogen (secondary N) is 1. The molecule has 1 N–H and O–H groups in total. The quantitative estimate of drug-likeness (QED) is 0.598. The van der Waals surface area contributed by atoms with E-state index in [4.69, 9.17) is 4.74 Å². The van der Waals surface area contributed by atoms with Crippen LogP contribution < -0.4 is 10.1 Å². The van der Waals surface area contributed by atoms with Crippen LogP contribution in [0, 0.1) is 18.6 Å². The number of aryl methyl sites for hydroxylation is 1. The van der Waals surface area contributed by atoms with Crippen molar-refractivity contribution in [3.8, 4) is 16.9 Å². The first-order valence-electron chi connectivity index (χ1n) is 9.97. The minimum absolute atomic E-state index is 0.0299. The van der Waals surface area contributed by atoms with Gasteiger partial charge in [0, 0.05) is 23.1 Å². The molecular weight excluding hydrogens is 400 g/mol. The summed E-state index contributed by atoms with van der Waals surface area (Å²) in [5.74, 6) is -1.17. The predicted molar refractivity (Wildman–Crippen MR) is 113 cm³/mol. The van der Waals surface area contributed by atoms with Gasteiger partial charge in [-0.2, -0.15) is 0 Å². The van der Waals surface area contributed by atoms with Gasteiger partial charge in [0.05, 0.1) is 12.1 Å². The van der Waals surface area contributed by atoms with E-state index in [9.17, 15) is 18.4 Å². The Kier molecular flexibility index (Phi) is 5.55. The van der Waals surface area contributed by atoms with Gasteiger partial charge in [0.15, 0.2) is 5.78 Å². The van der Waals surface area contributed by atoms with Crippen molar-refractivity contribution in [2.24, 2.45) is 0 Å². The lowest BCUT2D eigenvalue weighted by Gasteiger charge is -2.15. The first kappa shape index (κ1) is 20.7. The second-order valence-electron chi connectivity index (χ2n) is 7.69. The highest BCUT2D eigenvalue weighted by atomic mass is 19.1. The zero-order chi connectivity index (χ0) is 22.1. The Morgan fingerprint density at radius 1 is 1.03 bits per heavy atom. The van der Waals surface area contributed by atoms with Crippen molar-refractivity contribution in [3.05, 3.63) is 88.5 Å². The fourth-order valence-corrected chi connectivity index (χ4v) is 3.80. The number of benzene rings is 3. The Morgan fingerprint density at radius 3 is 2.55 bits per heavy atom. The molecule has 4 nitrogen and oxygen atoms in total. The Hall–Kier alpha value is -3.54. The van der Waals surface area contributed by atoms with Crippen LogP contribution in [-0.4, -0.2) is 24.3 Å². The number of ether oxygens (including phenoxy) is 1. The number of ketones is 1. The first-order chi connectivity index (χ1) is 14.8. The largest absolute Gasteiger partial charge is 0.487 e.